The number of hydrogen-bond donors (Lipinski definition) is 1. The van der Waals surface area contributed by atoms with Gasteiger partial charge in [-0.2, -0.15) is 0 Å². The minimum atomic E-state index is 0.494. The highest BCUT2D eigenvalue weighted by molar-refractivity contribution is 7.80. The van der Waals surface area contributed by atoms with E-state index in [1.54, 1.807) is 6.20 Å². The number of hydrogen-bond acceptors (Lipinski definition) is 4. The Hall–Kier alpha value is -2.01. The average Bonchev–Trinajstić information content (AvgIpc) is 2.40. The molecule has 2 aromatic rings. The van der Waals surface area contributed by atoms with Crippen LogP contribution in [-0.2, 0) is 0 Å². The molecule has 0 atom stereocenters. The molecule has 0 spiro atoms. The van der Waals surface area contributed by atoms with E-state index in [1.165, 1.54) is 0 Å². The van der Waals surface area contributed by atoms with Gasteiger partial charge in [-0.3, -0.25) is 0 Å². The maximum Gasteiger partial charge on any atom is 0.230 e. The van der Waals surface area contributed by atoms with E-state index in [1.807, 2.05) is 48.2 Å². The largest absolute Gasteiger partial charge is 0.393 e. The first-order valence-corrected chi connectivity index (χ1v) is 6.48. The van der Waals surface area contributed by atoms with Crippen LogP contribution in [0.4, 0.5) is 11.6 Å². The molecule has 0 unspecified atom stereocenters. The smallest absolute Gasteiger partial charge is 0.230 e. The molecule has 2 N–H and O–H groups in total. The van der Waals surface area contributed by atoms with Crippen molar-refractivity contribution in [2.24, 2.45) is 5.73 Å². The average molecular weight is 272 g/mol. The van der Waals surface area contributed by atoms with Crippen LogP contribution in [0.15, 0.2) is 42.6 Å². The zero-order chi connectivity index (χ0) is 13.7. The fourth-order valence-corrected chi connectivity index (χ4v) is 1.83. The van der Waals surface area contributed by atoms with Gasteiger partial charge in [-0.25, -0.2) is 9.97 Å². The first kappa shape index (κ1) is 13.4. The van der Waals surface area contributed by atoms with Crippen LogP contribution in [0.1, 0.15) is 12.1 Å². The van der Waals surface area contributed by atoms with Crippen molar-refractivity contribution in [2.75, 3.05) is 11.4 Å². The van der Waals surface area contributed by atoms with Crippen molar-refractivity contribution < 1.29 is 0 Å². The molecule has 0 saturated carbocycles. The lowest BCUT2D eigenvalue weighted by Crippen LogP contribution is -2.24. The second kappa shape index (κ2) is 6.24. The molecule has 19 heavy (non-hydrogen) atoms. The van der Waals surface area contributed by atoms with Crippen LogP contribution in [0, 0.1) is 6.92 Å². The summed E-state index contributed by atoms with van der Waals surface area (Å²) >= 11 is 4.95. The highest BCUT2D eigenvalue weighted by Crippen LogP contribution is 2.21. The molecule has 0 radical (unpaired) electrons. The minimum Gasteiger partial charge on any atom is -0.393 e. The third-order valence-corrected chi connectivity index (χ3v) is 2.88. The van der Waals surface area contributed by atoms with Gasteiger partial charge in [0.2, 0.25) is 5.95 Å². The van der Waals surface area contributed by atoms with Crippen LogP contribution >= 0.6 is 12.2 Å². The Bertz CT molecular complexity index is 556. The summed E-state index contributed by atoms with van der Waals surface area (Å²) < 4.78 is 0. The quantitative estimate of drug-likeness (QED) is 0.848. The molecule has 0 aliphatic carbocycles. The van der Waals surface area contributed by atoms with Gasteiger partial charge >= 0.3 is 0 Å². The predicted molar refractivity (Wildman–Crippen MR) is 81.6 cm³/mol. The molecule has 0 aliphatic rings. The number of anilines is 2. The summed E-state index contributed by atoms with van der Waals surface area (Å²) in [5.74, 6) is 0.669. The summed E-state index contributed by atoms with van der Waals surface area (Å²) in [4.78, 5) is 11.3. The van der Waals surface area contributed by atoms with E-state index >= 15 is 0 Å². The SMILES string of the molecule is Cc1ccnc(N(CCC(N)=S)c2ccccc2)n1. The van der Waals surface area contributed by atoms with Crippen molar-refractivity contribution in [3.05, 3.63) is 48.3 Å². The standard InChI is InChI=1S/C14H16N4S/c1-11-7-9-16-14(17-11)18(10-8-13(15)19)12-5-3-2-4-6-12/h2-7,9H,8,10H2,1H3,(H2,15,19). The highest BCUT2D eigenvalue weighted by Gasteiger charge is 2.12. The number of aryl methyl sites for hydroxylation is 1. The maximum atomic E-state index is 5.59. The molecule has 1 heterocycles. The van der Waals surface area contributed by atoms with E-state index in [9.17, 15) is 0 Å². The first-order chi connectivity index (χ1) is 9.16. The summed E-state index contributed by atoms with van der Waals surface area (Å²) in [5, 5.41) is 0. The van der Waals surface area contributed by atoms with Crippen molar-refractivity contribution in [3.8, 4) is 0 Å². The highest BCUT2D eigenvalue weighted by atomic mass is 32.1. The molecule has 0 fully saturated rings. The topological polar surface area (TPSA) is 55.0 Å². The fraction of sp³-hybridized carbons (Fsp3) is 0.214. The van der Waals surface area contributed by atoms with Gasteiger partial charge < -0.3 is 10.6 Å². The Kier molecular flexibility index (Phi) is 4.41. The Morgan fingerprint density at radius 3 is 2.63 bits per heavy atom. The number of thiocarbonyl (C=S) groups is 1. The van der Waals surface area contributed by atoms with Crippen LogP contribution < -0.4 is 10.6 Å². The molecule has 0 amide bonds. The Morgan fingerprint density at radius 1 is 1.26 bits per heavy atom. The maximum absolute atomic E-state index is 5.59. The third kappa shape index (κ3) is 3.72. The number of para-hydroxylation sites is 1. The van der Waals surface area contributed by atoms with E-state index in [0.29, 0.717) is 23.9 Å². The van der Waals surface area contributed by atoms with Gasteiger partial charge in [-0.1, -0.05) is 30.4 Å². The number of aromatic nitrogens is 2. The van der Waals surface area contributed by atoms with Crippen LogP contribution in [0.25, 0.3) is 0 Å². The van der Waals surface area contributed by atoms with Crippen LogP contribution in [0.2, 0.25) is 0 Å². The lowest BCUT2D eigenvalue weighted by atomic mass is 10.2. The first-order valence-electron chi connectivity index (χ1n) is 6.07. The van der Waals surface area contributed by atoms with Gasteiger partial charge in [0.25, 0.3) is 0 Å². The number of nitrogens with zero attached hydrogens (tertiary/aromatic N) is 3. The normalized spacial score (nSPS) is 10.2. The second-order valence-electron chi connectivity index (χ2n) is 4.20. The molecule has 5 heteroatoms. The predicted octanol–water partition coefficient (Wildman–Crippen LogP) is 2.60. The van der Waals surface area contributed by atoms with Gasteiger partial charge in [0, 0.05) is 30.5 Å². The molecule has 4 nitrogen and oxygen atoms in total. The van der Waals surface area contributed by atoms with Crippen molar-refractivity contribution in [1.82, 2.24) is 9.97 Å². The lowest BCUT2D eigenvalue weighted by molar-refractivity contribution is 0.902. The van der Waals surface area contributed by atoms with Crippen molar-refractivity contribution in [1.29, 1.82) is 0 Å². The third-order valence-electron chi connectivity index (χ3n) is 2.67. The van der Waals surface area contributed by atoms with Gasteiger partial charge in [-0.05, 0) is 25.1 Å². The zero-order valence-electron chi connectivity index (χ0n) is 10.8. The van der Waals surface area contributed by atoms with Crippen molar-refractivity contribution >= 4 is 28.8 Å². The summed E-state index contributed by atoms with van der Waals surface area (Å²) in [5.41, 5.74) is 7.55. The minimum absolute atomic E-state index is 0.494. The molecular weight excluding hydrogens is 256 g/mol. The summed E-state index contributed by atoms with van der Waals surface area (Å²) in [6.45, 7) is 2.62. The zero-order valence-corrected chi connectivity index (χ0v) is 11.6. The second-order valence-corrected chi connectivity index (χ2v) is 4.73. The van der Waals surface area contributed by atoms with Crippen LogP contribution in [0.5, 0.6) is 0 Å². The van der Waals surface area contributed by atoms with E-state index in [4.69, 9.17) is 18.0 Å². The van der Waals surface area contributed by atoms with Crippen LogP contribution in [-0.4, -0.2) is 21.5 Å². The molecule has 0 aliphatic heterocycles. The summed E-state index contributed by atoms with van der Waals surface area (Å²) in [7, 11) is 0. The van der Waals surface area contributed by atoms with Crippen molar-refractivity contribution in [3.63, 3.8) is 0 Å². The van der Waals surface area contributed by atoms with E-state index < -0.39 is 0 Å². The monoisotopic (exact) mass is 272 g/mol. The van der Waals surface area contributed by atoms with Gasteiger partial charge in [0.1, 0.15) is 0 Å². The van der Waals surface area contributed by atoms with E-state index in [0.717, 1.165) is 11.4 Å². The molecule has 98 valence electrons. The van der Waals surface area contributed by atoms with E-state index in [2.05, 4.69) is 9.97 Å². The number of benzene rings is 1. The summed E-state index contributed by atoms with van der Waals surface area (Å²) in [6, 6.07) is 11.9. The molecule has 1 aromatic heterocycles. The Morgan fingerprint density at radius 2 is 2.00 bits per heavy atom. The van der Waals surface area contributed by atoms with Crippen molar-refractivity contribution in [2.45, 2.75) is 13.3 Å². The van der Waals surface area contributed by atoms with Crippen LogP contribution in [0.3, 0.4) is 0 Å². The molecule has 0 saturated heterocycles. The van der Waals surface area contributed by atoms with Gasteiger partial charge in [0.05, 0.1) is 4.99 Å². The Labute approximate surface area is 118 Å². The molecule has 1 aromatic carbocycles. The van der Waals surface area contributed by atoms with Gasteiger partial charge in [-0.15, -0.1) is 0 Å². The molecule has 2 rings (SSSR count). The van der Waals surface area contributed by atoms with Gasteiger partial charge in [0.15, 0.2) is 0 Å². The Balaban J connectivity index is 2.31. The molecular formula is C14H16N4S. The van der Waals surface area contributed by atoms with E-state index in [-0.39, 0.29) is 0 Å². The molecule has 0 bridgehead atoms. The number of nitrogens with two attached hydrogens (primary N) is 1. The summed E-state index contributed by atoms with van der Waals surface area (Å²) in [6.07, 6.45) is 2.38. The fourth-order valence-electron chi connectivity index (χ4n) is 1.74. The number of rotatable bonds is 5. The lowest BCUT2D eigenvalue weighted by Gasteiger charge is -2.22.